The lowest BCUT2D eigenvalue weighted by molar-refractivity contribution is 0.0762. The molecule has 7 nitrogen and oxygen atoms in total. The van der Waals surface area contributed by atoms with Gasteiger partial charge in [-0.05, 0) is 12.5 Å². The normalized spacial score (nSPS) is 18.2. The van der Waals surface area contributed by atoms with Crippen LogP contribution in [0.15, 0.2) is 29.3 Å². The van der Waals surface area contributed by atoms with E-state index in [1.807, 2.05) is 4.90 Å². The molecule has 4 heterocycles. The Balaban J connectivity index is 1.55. The Morgan fingerprint density at radius 2 is 1.92 bits per heavy atom. The van der Waals surface area contributed by atoms with E-state index in [1.54, 1.807) is 12.4 Å². The number of carbonyl (C=O) groups excluding carboxylic acids is 1. The second-order valence-corrected chi connectivity index (χ2v) is 6.03. The molecule has 0 bridgehead atoms. The number of amides is 1. The van der Waals surface area contributed by atoms with Crippen LogP contribution in [0.5, 0.6) is 0 Å². The summed E-state index contributed by atoms with van der Waals surface area (Å²) in [4.78, 5) is 25.7. The number of hydrogen-bond donors (Lipinski definition) is 0. The van der Waals surface area contributed by atoms with Crippen molar-refractivity contribution in [1.82, 2.24) is 14.9 Å². The number of fused-ring (bicyclic) bond motifs is 1. The maximum Gasteiger partial charge on any atom is 0.257 e. The number of carbonyl (C=O) groups is 1. The molecule has 126 valence electrons. The van der Waals surface area contributed by atoms with Gasteiger partial charge in [0, 0.05) is 38.2 Å². The quantitative estimate of drug-likeness (QED) is 0.823. The monoisotopic (exact) mass is 328 g/mol. The first-order valence-corrected chi connectivity index (χ1v) is 8.30. The number of hydrogen-bond acceptors (Lipinski definition) is 6. The third-order valence-corrected chi connectivity index (χ3v) is 4.63. The smallest absolute Gasteiger partial charge is 0.257 e. The number of furan rings is 1. The van der Waals surface area contributed by atoms with E-state index in [4.69, 9.17) is 9.15 Å². The highest BCUT2D eigenvalue weighted by Crippen LogP contribution is 2.25. The van der Waals surface area contributed by atoms with Crippen molar-refractivity contribution in [3.63, 3.8) is 0 Å². The van der Waals surface area contributed by atoms with E-state index in [0.717, 1.165) is 50.7 Å². The highest BCUT2D eigenvalue weighted by molar-refractivity contribution is 5.93. The van der Waals surface area contributed by atoms with Crippen molar-refractivity contribution in [3.8, 4) is 0 Å². The Labute approximate surface area is 140 Å². The minimum Gasteiger partial charge on any atom is -0.472 e. The summed E-state index contributed by atoms with van der Waals surface area (Å²) in [5, 5.41) is 0. The molecular weight excluding hydrogens is 308 g/mol. The van der Waals surface area contributed by atoms with Crippen LogP contribution in [0.1, 0.15) is 21.6 Å². The Morgan fingerprint density at radius 1 is 1.08 bits per heavy atom. The number of morpholine rings is 1. The molecule has 2 aliphatic heterocycles. The molecule has 4 rings (SSSR count). The minimum absolute atomic E-state index is 0.0115. The minimum atomic E-state index is 0.0115. The van der Waals surface area contributed by atoms with Gasteiger partial charge in [0.05, 0.1) is 30.7 Å². The Bertz CT molecular complexity index is 711. The van der Waals surface area contributed by atoms with Crippen LogP contribution in [-0.4, -0.2) is 60.2 Å². The van der Waals surface area contributed by atoms with Gasteiger partial charge in [-0.3, -0.25) is 4.79 Å². The van der Waals surface area contributed by atoms with Gasteiger partial charge in [-0.25, -0.2) is 9.97 Å². The van der Waals surface area contributed by atoms with E-state index in [2.05, 4.69) is 14.9 Å². The van der Waals surface area contributed by atoms with Crippen molar-refractivity contribution in [3.05, 3.63) is 41.7 Å². The van der Waals surface area contributed by atoms with Crippen LogP contribution in [0.3, 0.4) is 0 Å². The summed E-state index contributed by atoms with van der Waals surface area (Å²) < 4.78 is 10.5. The first-order valence-electron chi connectivity index (χ1n) is 8.30. The van der Waals surface area contributed by atoms with Gasteiger partial charge in [0.25, 0.3) is 5.91 Å². The summed E-state index contributed by atoms with van der Waals surface area (Å²) in [7, 11) is 0. The third kappa shape index (κ3) is 2.87. The van der Waals surface area contributed by atoms with E-state index in [-0.39, 0.29) is 5.91 Å². The van der Waals surface area contributed by atoms with E-state index in [0.29, 0.717) is 18.7 Å². The molecule has 0 radical (unpaired) electrons. The highest BCUT2D eigenvalue weighted by Gasteiger charge is 2.25. The number of aromatic nitrogens is 2. The standard InChI is InChI=1S/C17H20N4O3/c22-17(13-3-8-24-11-13)21-4-1-14-15(2-5-21)18-12-19-16(14)20-6-9-23-10-7-20/h3,8,11-12H,1-2,4-7,9-10H2. The van der Waals surface area contributed by atoms with E-state index < -0.39 is 0 Å². The van der Waals surface area contributed by atoms with E-state index >= 15 is 0 Å². The summed E-state index contributed by atoms with van der Waals surface area (Å²) in [6.07, 6.45) is 6.18. The van der Waals surface area contributed by atoms with Gasteiger partial charge in [0.2, 0.25) is 0 Å². The number of nitrogens with zero attached hydrogens (tertiary/aromatic N) is 4. The van der Waals surface area contributed by atoms with Crippen LogP contribution in [0, 0.1) is 0 Å². The van der Waals surface area contributed by atoms with Crippen molar-refractivity contribution in [2.24, 2.45) is 0 Å². The molecule has 0 unspecified atom stereocenters. The van der Waals surface area contributed by atoms with Crippen molar-refractivity contribution in [2.45, 2.75) is 12.8 Å². The molecule has 0 N–H and O–H groups in total. The molecule has 24 heavy (non-hydrogen) atoms. The fourth-order valence-corrected chi connectivity index (χ4v) is 3.33. The lowest BCUT2D eigenvalue weighted by Crippen LogP contribution is -2.37. The zero-order chi connectivity index (χ0) is 16.4. The molecule has 7 heteroatoms. The average Bonchev–Trinajstić information content (AvgIpc) is 3.08. The average molecular weight is 328 g/mol. The number of rotatable bonds is 2. The van der Waals surface area contributed by atoms with E-state index in [1.165, 1.54) is 18.1 Å². The third-order valence-electron chi connectivity index (χ3n) is 4.63. The molecule has 0 saturated carbocycles. The first-order chi connectivity index (χ1) is 11.8. The molecule has 2 aliphatic rings. The summed E-state index contributed by atoms with van der Waals surface area (Å²) in [6.45, 7) is 4.48. The van der Waals surface area contributed by atoms with Crippen LogP contribution in [-0.2, 0) is 17.6 Å². The largest absolute Gasteiger partial charge is 0.472 e. The SMILES string of the molecule is O=C(c1ccoc1)N1CCc2ncnc(N3CCOCC3)c2CC1. The molecule has 1 fully saturated rings. The van der Waals surface area contributed by atoms with Gasteiger partial charge in [-0.1, -0.05) is 0 Å². The Kier molecular flexibility index (Phi) is 4.17. The maximum absolute atomic E-state index is 12.6. The molecule has 1 amide bonds. The fourth-order valence-electron chi connectivity index (χ4n) is 3.33. The van der Waals surface area contributed by atoms with Crippen LogP contribution >= 0.6 is 0 Å². The summed E-state index contributed by atoms with van der Waals surface area (Å²) >= 11 is 0. The topological polar surface area (TPSA) is 71.7 Å². The summed E-state index contributed by atoms with van der Waals surface area (Å²) in [6, 6.07) is 1.71. The Hall–Kier alpha value is -2.41. The molecule has 2 aromatic heterocycles. The molecular formula is C17H20N4O3. The van der Waals surface area contributed by atoms with Gasteiger partial charge >= 0.3 is 0 Å². The highest BCUT2D eigenvalue weighted by atomic mass is 16.5. The molecule has 1 saturated heterocycles. The van der Waals surface area contributed by atoms with Gasteiger partial charge in [-0.2, -0.15) is 0 Å². The van der Waals surface area contributed by atoms with Crippen molar-refractivity contribution in [2.75, 3.05) is 44.3 Å². The predicted molar refractivity (Wildman–Crippen MR) is 87.1 cm³/mol. The van der Waals surface area contributed by atoms with Gasteiger partial charge < -0.3 is 19.0 Å². The lowest BCUT2D eigenvalue weighted by atomic mass is 10.1. The molecule has 0 aromatic carbocycles. The van der Waals surface area contributed by atoms with E-state index in [9.17, 15) is 4.79 Å². The second-order valence-electron chi connectivity index (χ2n) is 6.03. The summed E-state index contributed by atoms with van der Waals surface area (Å²) in [5.41, 5.74) is 2.82. The van der Waals surface area contributed by atoms with Crippen molar-refractivity contribution >= 4 is 11.7 Å². The zero-order valence-electron chi connectivity index (χ0n) is 13.5. The molecule has 2 aromatic rings. The second kappa shape index (κ2) is 6.60. The Morgan fingerprint density at radius 3 is 2.71 bits per heavy atom. The van der Waals surface area contributed by atoms with Crippen molar-refractivity contribution in [1.29, 1.82) is 0 Å². The maximum atomic E-state index is 12.6. The van der Waals surface area contributed by atoms with Gasteiger partial charge in [0.1, 0.15) is 18.4 Å². The summed E-state index contributed by atoms with van der Waals surface area (Å²) in [5.74, 6) is 1.01. The van der Waals surface area contributed by atoms with Crippen LogP contribution in [0.25, 0.3) is 0 Å². The molecule has 0 atom stereocenters. The number of ether oxygens (including phenoxy) is 1. The van der Waals surface area contributed by atoms with Crippen molar-refractivity contribution < 1.29 is 13.9 Å². The first kappa shape index (κ1) is 15.1. The van der Waals surface area contributed by atoms with Gasteiger partial charge in [-0.15, -0.1) is 0 Å². The molecule has 0 aliphatic carbocycles. The van der Waals surface area contributed by atoms with Crippen LogP contribution < -0.4 is 4.90 Å². The van der Waals surface area contributed by atoms with Crippen LogP contribution in [0.2, 0.25) is 0 Å². The molecule has 0 spiro atoms. The predicted octanol–water partition coefficient (Wildman–Crippen LogP) is 1.15. The number of anilines is 1. The zero-order valence-corrected chi connectivity index (χ0v) is 13.5. The lowest BCUT2D eigenvalue weighted by Gasteiger charge is -2.29. The van der Waals surface area contributed by atoms with Crippen LogP contribution in [0.4, 0.5) is 5.82 Å². The van der Waals surface area contributed by atoms with Gasteiger partial charge in [0.15, 0.2) is 0 Å². The fraction of sp³-hybridized carbons (Fsp3) is 0.471.